The number of hydrogen-bond acceptors (Lipinski definition) is 5. The molecule has 0 heterocycles. The van der Waals surface area contributed by atoms with Crippen LogP contribution in [-0.2, 0) is 4.79 Å². The van der Waals surface area contributed by atoms with E-state index < -0.39 is 36.9 Å². The van der Waals surface area contributed by atoms with Crippen molar-refractivity contribution in [1.82, 2.24) is 5.32 Å². The molecule has 0 aliphatic rings. The number of carbonyl (C=O) groups excluding carboxylic acids is 1. The monoisotopic (exact) mass is 682 g/mol. The average molecular weight is 682 g/mol. The predicted molar refractivity (Wildman–Crippen MR) is 205 cm³/mol. The Balaban J connectivity index is 3.78. The van der Waals surface area contributed by atoms with Crippen LogP contribution in [0, 0.1) is 5.92 Å². The van der Waals surface area contributed by atoms with Crippen LogP contribution in [0.15, 0.2) is 12.2 Å². The first-order chi connectivity index (χ1) is 23.3. The van der Waals surface area contributed by atoms with Crippen molar-refractivity contribution in [3.8, 4) is 0 Å². The molecule has 5 N–H and O–H groups in total. The summed E-state index contributed by atoms with van der Waals surface area (Å²) in [5, 5.41) is 43.5. The maximum atomic E-state index is 12.4. The standard InChI is InChI=1S/C42H83NO5/c1-4-5-6-7-8-9-10-11-12-13-14-15-16-17-18-23-26-29-32-35-40(46)42(48)43-38(36-44)41(47)39(45)34-31-28-25-22-20-19-21-24-27-30-33-37(2)3/h29,32,37-41,44-47H,4-28,30-31,33-36H2,1-3H3,(H,43,48)/b32-29+/t38-,39+,40+,41?/m0/s1. The van der Waals surface area contributed by atoms with E-state index in [1.165, 1.54) is 148 Å². The minimum absolute atomic E-state index is 0.194. The summed E-state index contributed by atoms with van der Waals surface area (Å²) in [6.07, 6.45) is 36.9. The first-order valence-electron chi connectivity index (χ1n) is 20.9. The van der Waals surface area contributed by atoms with Gasteiger partial charge >= 0.3 is 0 Å². The second-order valence-electron chi connectivity index (χ2n) is 15.2. The van der Waals surface area contributed by atoms with E-state index in [-0.39, 0.29) is 6.42 Å². The molecule has 0 saturated heterocycles. The van der Waals surface area contributed by atoms with E-state index in [1.54, 1.807) is 0 Å². The topological polar surface area (TPSA) is 110 Å². The Hall–Kier alpha value is -0.950. The fourth-order valence-corrected chi connectivity index (χ4v) is 6.54. The molecule has 1 amide bonds. The summed E-state index contributed by atoms with van der Waals surface area (Å²) < 4.78 is 0. The lowest BCUT2D eigenvalue weighted by Gasteiger charge is -2.27. The number of unbranched alkanes of at least 4 members (excludes halogenated alkanes) is 25. The Kier molecular flexibility index (Phi) is 35.2. The van der Waals surface area contributed by atoms with Crippen molar-refractivity contribution in [3.05, 3.63) is 12.2 Å². The molecule has 0 bridgehead atoms. The number of amides is 1. The molecule has 0 aromatic carbocycles. The lowest BCUT2D eigenvalue weighted by Crippen LogP contribution is -2.53. The molecule has 6 nitrogen and oxygen atoms in total. The number of aliphatic hydroxyl groups excluding tert-OH is 4. The fourth-order valence-electron chi connectivity index (χ4n) is 6.54. The maximum absolute atomic E-state index is 12.4. The molecule has 0 aromatic rings. The number of aliphatic hydroxyl groups is 4. The van der Waals surface area contributed by atoms with Crippen molar-refractivity contribution in [3.63, 3.8) is 0 Å². The fraction of sp³-hybridized carbons (Fsp3) is 0.929. The summed E-state index contributed by atoms with van der Waals surface area (Å²) in [7, 11) is 0. The van der Waals surface area contributed by atoms with Gasteiger partial charge in [0.1, 0.15) is 12.2 Å². The summed E-state index contributed by atoms with van der Waals surface area (Å²) in [5.41, 5.74) is 0. The molecule has 0 saturated carbocycles. The van der Waals surface area contributed by atoms with E-state index in [1.807, 2.05) is 12.2 Å². The average Bonchev–Trinajstić information content (AvgIpc) is 3.07. The Labute approximate surface area is 298 Å². The summed E-state index contributed by atoms with van der Waals surface area (Å²) in [4.78, 5) is 12.4. The molecular formula is C42H83NO5. The third-order valence-corrected chi connectivity index (χ3v) is 9.92. The minimum atomic E-state index is -1.27. The van der Waals surface area contributed by atoms with Gasteiger partial charge in [-0.3, -0.25) is 4.79 Å². The third kappa shape index (κ3) is 31.1. The lowest BCUT2D eigenvalue weighted by atomic mass is 9.99. The van der Waals surface area contributed by atoms with E-state index in [0.717, 1.165) is 38.0 Å². The van der Waals surface area contributed by atoms with E-state index >= 15 is 0 Å². The van der Waals surface area contributed by atoms with Gasteiger partial charge in [0.25, 0.3) is 0 Å². The van der Waals surface area contributed by atoms with Crippen molar-refractivity contribution >= 4 is 5.91 Å². The van der Waals surface area contributed by atoms with Gasteiger partial charge in [-0.05, 0) is 25.2 Å². The number of carbonyl (C=O) groups is 1. The molecule has 0 radical (unpaired) electrons. The molecule has 48 heavy (non-hydrogen) atoms. The molecule has 0 fully saturated rings. The van der Waals surface area contributed by atoms with Crippen molar-refractivity contribution < 1.29 is 25.2 Å². The summed E-state index contributed by atoms with van der Waals surface area (Å²) in [6, 6.07) is -1.00. The van der Waals surface area contributed by atoms with Gasteiger partial charge in [-0.2, -0.15) is 0 Å². The largest absolute Gasteiger partial charge is 0.394 e. The van der Waals surface area contributed by atoms with Gasteiger partial charge in [0.15, 0.2) is 0 Å². The minimum Gasteiger partial charge on any atom is -0.394 e. The van der Waals surface area contributed by atoms with Crippen molar-refractivity contribution in [2.75, 3.05) is 6.61 Å². The van der Waals surface area contributed by atoms with Crippen molar-refractivity contribution in [2.45, 2.75) is 238 Å². The van der Waals surface area contributed by atoms with Crippen LogP contribution in [0.4, 0.5) is 0 Å². The summed E-state index contributed by atoms with van der Waals surface area (Å²) in [6.45, 7) is 6.35. The highest BCUT2D eigenvalue weighted by molar-refractivity contribution is 5.81. The van der Waals surface area contributed by atoms with Gasteiger partial charge < -0.3 is 25.7 Å². The molecule has 0 spiro atoms. The van der Waals surface area contributed by atoms with E-state index in [2.05, 4.69) is 26.1 Å². The van der Waals surface area contributed by atoms with E-state index in [0.29, 0.717) is 6.42 Å². The molecule has 0 aliphatic heterocycles. The van der Waals surface area contributed by atoms with Crippen molar-refractivity contribution in [2.24, 2.45) is 5.92 Å². The van der Waals surface area contributed by atoms with E-state index in [9.17, 15) is 25.2 Å². The predicted octanol–water partition coefficient (Wildman–Crippen LogP) is 10.5. The third-order valence-electron chi connectivity index (χ3n) is 9.92. The molecule has 0 rings (SSSR count). The zero-order valence-electron chi connectivity index (χ0n) is 32.2. The zero-order chi connectivity index (χ0) is 35.5. The smallest absolute Gasteiger partial charge is 0.249 e. The van der Waals surface area contributed by atoms with Crippen LogP contribution in [0.25, 0.3) is 0 Å². The quantitative estimate of drug-likeness (QED) is 0.0331. The van der Waals surface area contributed by atoms with Crippen LogP contribution in [0.1, 0.15) is 213 Å². The number of rotatable bonds is 37. The SMILES string of the molecule is CCCCCCCCCCCCCCCCCC/C=C/C[C@@H](O)C(=O)N[C@@H](CO)C(O)[C@H](O)CCCCCCCCCCCCC(C)C. The Morgan fingerprint density at radius 1 is 0.562 bits per heavy atom. The van der Waals surface area contributed by atoms with Gasteiger partial charge in [-0.1, -0.05) is 200 Å². The van der Waals surface area contributed by atoms with Crippen LogP contribution in [-0.4, -0.2) is 57.3 Å². The first kappa shape index (κ1) is 47.0. The maximum Gasteiger partial charge on any atom is 0.249 e. The molecule has 0 aromatic heterocycles. The lowest BCUT2D eigenvalue weighted by molar-refractivity contribution is -0.132. The highest BCUT2D eigenvalue weighted by atomic mass is 16.3. The van der Waals surface area contributed by atoms with E-state index in [4.69, 9.17) is 0 Å². The second-order valence-corrected chi connectivity index (χ2v) is 15.2. The molecule has 1 unspecified atom stereocenters. The van der Waals surface area contributed by atoms with Crippen LogP contribution in [0.3, 0.4) is 0 Å². The number of allylic oxidation sites excluding steroid dienone is 1. The Bertz CT molecular complexity index is 700. The van der Waals surface area contributed by atoms with Crippen LogP contribution in [0.2, 0.25) is 0 Å². The van der Waals surface area contributed by atoms with Gasteiger partial charge in [-0.25, -0.2) is 0 Å². The Morgan fingerprint density at radius 2 is 0.958 bits per heavy atom. The normalized spacial score (nSPS) is 14.5. The van der Waals surface area contributed by atoms with Gasteiger partial charge in [0.2, 0.25) is 5.91 Å². The van der Waals surface area contributed by atoms with Crippen molar-refractivity contribution in [1.29, 1.82) is 0 Å². The van der Waals surface area contributed by atoms with Gasteiger partial charge in [0.05, 0.1) is 18.8 Å². The number of hydrogen-bond donors (Lipinski definition) is 5. The Morgan fingerprint density at radius 3 is 1.38 bits per heavy atom. The molecule has 286 valence electrons. The number of nitrogens with one attached hydrogen (secondary N) is 1. The zero-order valence-corrected chi connectivity index (χ0v) is 32.2. The van der Waals surface area contributed by atoms with Crippen LogP contribution in [0.5, 0.6) is 0 Å². The molecule has 0 aliphatic carbocycles. The summed E-state index contributed by atoms with van der Waals surface area (Å²) >= 11 is 0. The molecule has 6 heteroatoms. The van der Waals surface area contributed by atoms with Crippen LogP contribution < -0.4 is 5.32 Å². The van der Waals surface area contributed by atoms with Gasteiger partial charge in [-0.15, -0.1) is 0 Å². The molecule has 4 atom stereocenters. The highest BCUT2D eigenvalue weighted by Gasteiger charge is 2.28. The summed E-state index contributed by atoms with van der Waals surface area (Å²) in [5.74, 6) is 0.179. The highest BCUT2D eigenvalue weighted by Crippen LogP contribution is 2.17. The van der Waals surface area contributed by atoms with Gasteiger partial charge in [0, 0.05) is 6.42 Å². The second kappa shape index (κ2) is 35.9. The first-order valence-corrected chi connectivity index (χ1v) is 20.9. The molecular weight excluding hydrogens is 598 g/mol. The van der Waals surface area contributed by atoms with Crippen LogP contribution >= 0.6 is 0 Å².